The van der Waals surface area contributed by atoms with Crippen LogP contribution in [-0.2, 0) is 11.2 Å². The highest BCUT2D eigenvalue weighted by Crippen LogP contribution is 2.27. The number of rotatable bonds is 6. The Labute approximate surface area is 113 Å². The summed E-state index contributed by atoms with van der Waals surface area (Å²) in [5.74, 6) is 0.209. The SMILES string of the molecule is CCOC(=O)c1c(N)nsc1NCCc1ncno1. The molecule has 2 aromatic rings. The topological polar surface area (TPSA) is 116 Å². The van der Waals surface area contributed by atoms with Crippen LogP contribution in [0.2, 0.25) is 0 Å². The zero-order chi connectivity index (χ0) is 13.7. The quantitative estimate of drug-likeness (QED) is 0.752. The van der Waals surface area contributed by atoms with E-state index in [-0.39, 0.29) is 18.0 Å². The third kappa shape index (κ3) is 3.19. The maximum absolute atomic E-state index is 11.7. The Hall–Kier alpha value is -2.16. The smallest absolute Gasteiger partial charge is 0.344 e. The lowest BCUT2D eigenvalue weighted by Crippen LogP contribution is -2.11. The lowest BCUT2D eigenvalue weighted by atomic mass is 10.3. The Morgan fingerprint density at radius 3 is 3.16 bits per heavy atom. The van der Waals surface area contributed by atoms with Crippen LogP contribution in [-0.4, -0.2) is 33.6 Å². The van der Waals surface area contributed by atoms with Crippen LogP contribution in [0.4, 0.5) is 10.8 Å². The van der Waals surface area contributed by atoms with Gasteiger partial charge in [-0.2, -0.15) is 9.36 Å². The van der Waals surface area contributed by atoms with Crippen molar-refractivity contribution in [3.63, 3.8) is 0 Å². The van der Waals surface area contributed by atoms with E-state index < -0.39 is 5.97 Å². The third-order valence-corrected chi connectivity index (χ3v) is 3.05. The summed E-state index contributed by atoms with van der Waals surface area (Å²) in [6, 6.07) is 0. The fourth-order valence-corrected chi connectivity index (χ4v) is 2.14. The molecule has 0 saturated carbocycles. The number of anilines is 2. The third-order valence-electron chi connectivity index (χ3n) is 2.23. The second kappa shape index (κ2) is 6.14. The maximum Gasteiger partial charge on any atom is 0.344 e. The van der Waals surface area contributed by atoms with Gasteiger partial charge in [0.25, 0.3) is 0 Å². The molecule has 0 fully saturated rings. The maximum atomic E-state index is 11.7. The number of hydrogen-bond acceptors (Lipinski definition) is 9. The predicted octanol–water partition coefficient (Wildman–Crippen LogP) is 0.940. The Bertz CT molecular complexity index is 539. The van der Waals surface area contributed by atoms with Gasteiger partial charge >= 0.3 is 5.97 Å². The summed E-state index contributed by atoms with van der Waals surface area (Å²) in [4.78, 5) is 15.6. The predicted molar refractivity (Wildman–Crippen MR) is 69.0 cm³/mol. The first kappa shape index (κ1) is 13.3. The molecule has 0 spiro atoms. The fraction of sp³-hybridized carbons (Fsp3) is 0.400. The molecule has 102 valence electrons. The van der Waals surface area contributed by atoms with Crippen molar-refractivity contribution in [1.29, 1.82) is 0 Å². The van der Waals surface area contributed by atoms with Crippen molar-refractivity contribution in [1.82, 2.24) is 14.5 Å². The van der Waals surface area contributed by atoms with Gasteiger partial charge in [0.15, 0.2) is 12.1 Å². The van der Waals surface area contributed by atoms with Crippen LogP contribution < -0.4 is 11.1 Å². The van der Waals surface area contributed by atoms with Gasteiger partial charge in [-0.25, -0.2) is 4.79 Å². The van der Waals surface area contributed by atoms with Gasteiger partial charge in [-0.05, 0) is 18.5 Å². The first-order valence-electron chi connectivity index (χ1n) is 5.64. The second-order valence-corrected chi connectivity index (χ2v) is 4.28. The highest BCUT2D eigenvalue weighted by atomic mass is 32.1. The van der Waals surface area contributed by atoms with Crippen LogP contribution >= 0.6 is 11.5 Å². The number of nitrogens with one attached hydrogen (secondary N) is 1. The Morgan fingerprint density at radius 2 is 2.47 bits per heavy atom. The molecule has 3 N–H and O–H groups in total. The minimum Gasteiger partial charge on any atom is -0.462 e. The number of esters is 1. The van der Waals surface area contributed by atoms with Crippen LogP contribution in [0.5, 0.6) is 0 Å². The van der Waals surface area contributed by atoms with Crippen LogP contribution in [0.15, 0.2) is 10.9 Å². The molecule has 0 aliphatic heterocycles. The minimum absolute atomic E-state index is 0.170. The van der Waals surface area contributed by atoms with Crippen molar-refractivity contribution in [2.75, 3.05) is 24.2 Å². The van der Waals surface area contributed by atoms with E-state index in [1.807, 2.05) is 0 Å². The Morgan fingerprint density at radius 1 is 1.63 bits per heavy atom. The summed E-state index contributed by atoms with van der Waals surface area (Å²) in [5.41, 5.74) is 5.93. The number of carbonyl (C=O) groups excluding carboxylic acids is 1. The molecule has 2 heterocycles. The summed E-state index contributed by atoms with van der Waals surface area (Å²) in [5, 5.41) is 7.14. The van der Waals surface area contributed by atoms with E-state index in [1.54, 1.807) is 6.92 Å². The van der Waals surface area contributed by atoms with E-state index >= 15 is 0 Å². The van der Waals surface area contributed by atoms with E-state index in [2.05, 4.69) is 19.8 Å². The van der Waals surface area contributed by atoms with E-state index in [1.165, 1.54) is 6.33 Å². The van der Waals surface area contributed by atoms with E-state index in [0.29, 0.717) is 23.9 Å². The number of nitrogens with two attached hydrogens (primary N) is 1. The molecule has 0 bridgehead atoms. The first-order valence-corrected chi connectivity index (χ1v) is 6.41. The van der Waals surface area contributed by atoms with Crippen LogP contribution in [0.25, 0.3) is 0 Å². The van der Waals surface area contributed by atoms with Gasteiger partial charge in [-0.1, -0.05) is 5.16 Å². The van der Waals surface area contributed by atoms with E-state index in [4.69, 9.17) is 15.0 Å². The van der Waals surface area contributed by atoms with Crippen molar-refractivity contribution in [2.24, 2.45) is 0 Å². The van der Waals surface area contributed by atoms with Gasteiger partial charge in [-0.15, -0.1) is 0 Å². The number of carbonyl (C=O) groups is 1. The summed E-state index contributed by atoms with van der Waals surface area (Å²) in [7, 11) is 0. The van der Waals surface area contributed by atoms with E-state index in [0.717, 1.165) is 11.5 Å². The molecule has 8 nitrogen and oxygen atoms in total. The zero-order valence-corrected chi connectivity index (χ0v) is 11.1. The Kier molecular flexibility index (Phi) is 4.29. The minimum atomic E-state index is -0.478. The fourth-order valence-electron chi connectivity index (χ4n) is 1.41. The molecular formula is C10H13N5O3S. The summed E-state index contributed by atoms with van der Waals surface area (Å²) < 4.78 is 13.7. The summed E-state index contributed by atoms with van der Waals surface area (Å²) in [6.45, 7) is 2.54. The average Bonchev–Trinajstić information content (AvgIpc) is 3.00. The van der Waals surface area contributed by atoms with Crippen molar-refractivity contribution < 1.29 is 14.1 Å². The van der Waals surface area contributed by atoms with Crippen LogP contribution in [0.3, 0.4) is 0 Å². The number of nitrogens with zero attached hydrogens (tertiary/aromatic N) is 3. The summed E-state index contributed by atoms with van der Waals surface area (Å²) in [6.07, 6.45) is 1.88. The summed E-state index contributed by atoms with van der Waals surface area (Å²) >= 11 is 1.11. The molecule has 2 aromatic heterocycles. The highest BCUT2D eigenvalue weighted by molar-refractivity contribution is 7.11. The van der Waals surface area contributed by atoms with Crippen molar-refractivity contribution in [3.05, 3.63) is 17.8 Å². The molecule has 0 aliphatic rings. The van der Waals surface area contributed by atoms with Crippen molar-refractivity contribution in [2.45, 2.75) is 13.3 Å². The van der Waals surface area contributed by atoms with Gasteiger partial charge in [0.2, 0.25) is 5.89 Å². The molecule has 19 heavy (non-hydrogen) atoms. The lowest BCUT2D eigenvalue weighted by molar-refractivity contribution is 0.0529. The second-order valence-electron chi connectivity index (χ2n) is 3.50. The molecular weight excluding hydrogens is 270 g/mol. The normalized spacial score (nSPS) is 10.4. The Balaban J connectivity index is 1.98. The first-order chi connectivity index (χ1) is 9.22. The van der Waals surface area contributed by atoms with Gasteiger partial charge in [0, 0.05) is 13.0 Å². The number of hydrogen-bond donors (Lipinski definition) is 2. The molecule has 2 rings (SSSR count). The molecule has 0 amide bonds. The lowest BCUT2D eigenvalue weighted by Gasteiger charge is -2.05. The molecule has 0 atom stereocenters. The van der Waals surface area contributed by atoms with Crippen molar-refractivity contribution >= 4 is 28.3 Å². The van der Waals surface area contributed by atoms with Gasteiger partial charge < -0.3 is 20.3 Å². The molecule has 0 aromatic carbocycles. The molecule has 0 radical (unpaired) electrons. The monoisotopic (exact) mass is 283 g/mol. The largest absolute Gasteiger partial charge is 0.462 e. The zero-order valence-electron chi connectivity index (χ0n) is 10.3. The number of ether oxygens (including phenoxy) is 1. The number of aromatic nitrogens is 3. The van der Waals surface area contributed by atoms with Crippen LogP contribution in [0, 0.1) is 0 Å². The molecule has 9 heteroatoms. The average molecular weight is 283 g/mol. The van der Waals surface area contributed by atoms with Crippen molar-refractivity contribution in [3.8, 4) is 0 Å². The van der Waals surface area contributed by atoms with Gasteiger partial charge in [0.05, 0.1) is 6.61 Å². The molecule has 0 saturated heterocycles. The standard InChI is InChI=1S/C10H13N5O3S/c1-2-17-10(16)7-8(11)15-19-9(7)12-4-3-6-13-5-14-18-6/h5,12H,2-4H2,1H3,(H2,11,15). The molecule has 0 aliphatic carbocycles. The van der Waals surface area contributed by atoms with Gasteiger partial charge in [0.1, 0.15) is 10.6 Å². The van der Waals surface area contributed by atoms with Gasteiger partial charge in [-0.3, -0.25) is 0 Å². The van der Waals surface area contributed by atoms with Crippen LogP contribution in [0.1, 0.15) is 23.2 Å². The highest BCUT2D eigenvalue weighted by Gasteiger charge is 2.20. The molecule has 0 unspecified atom stereocenters. The van der Waals surface area contributed by atoms with E-state index in [9.17, 15) is 4.79 Å². The number of nitrogen functional groups attached to an aromatic ring is 1.